The number of nitrogens with one attached hydrogen (secondary N) is 1. The molecule has 7 nitrogen and oxygen atoms in total. The molecule has 0 fully saturated rings. The molecule has 1 N–H and O–H groups in total. The Morgan fingerprint density at radius 3 is 2.45 bits per heavy atom. The van der Waals surface area contributed by atoms with Crippen LogP contribution in [-0.4, -0.2) is 30.8 Å². The second-order valence-electron chi connectivity index (χ2n) is 7.80. The topological polar surface area (TPSA) is 92.3 Å². The molecule has 0 spiro atoms. The highest BCUT2D eigenvalue weighted by molar-refractivity contribution is 7.93. The van der Waals surface area contributed by atoms with Gasteiger partial charge in [-0.1, -0.05) is 30.3 Å². The number of carbonyl (C=O) groups excluding carboxylic acids is 1. The number of carbonyl (C=O) groups is 1. The van der Waals surface area contributed by atoms with Crippen LogP contribution < -0.4 is 9.62 Å². The lowest BCUT2D eigenvalue weighted by Crippen LogP contribution is -2.38. The van der Waals surface area contributed by atoms with Crippen LogP contribution in [0.2, 0.25) is 0 Å². The number of benzene rings is 2. The maximum atomic E-state index is 13.9. The third-order valence-corrected chi connectivity index (χ3v) is 7.28. The number of amides is 1. The minimum absolute atomic E-state index is 0.0475. The van der Waals surface area contributed by atoms with Crippen LogP contribution in [0.25, 0.3) is 10.9 Å². The second kappa shape index (κ2) is 8.99. The minimum atomic E-state index is -4.12. The van der Waals surface area contributed by atoms with Crippen LogP contribution in [-0.2, 0) is 14.8 Å². The van der Waals surface area contributed by atoms with Crippen molar-refractivity contribution in [3.8, 4) is 0 Å². The molecule has 1 amide bonds. The minimum Gasteiger partial charge on any atom is -0.323 e. The first kappa shape index (κ1) is 22.4. The van der Waals surface area contributed by atoms with E-state index in [4.69, 9.17) is 0 Å². The molecule has 2 aromatic heterocycles. The van der Waals surface area contributed by atoms with Crippen LogP contribution in [0.1, 0.15) is 16.8 Å². The van der Waals surface area contributed by atoms with Crippen molar-refractivity contribution >= 4 is 38.2 Å². The van der Waals surface area contributed by atoms with Crippen molar-refractivity contribution in [2.45, 2.75) is 25.7 Å². The average Bonchev–Trinajstić information content (AvgIpc) is 2.80. The van der Waals surface area contributed by atoms with Crippen molar-refractivity contribution in [1.82, 2.24) is 9.97 Å². The number of pyridine rings is 2. The molecule has 0 aliphatic rings. The van der Waals surface area contributed by atoms with E-state index in [0.29, 0.717) is 22.3 Å². The van der Waals surface area contributed by atoms with Gasteiger partial charge in [0, 0.05) is 17.3 Å². The highest BCUT2D eigenvalue weighted by Crippen LogP contribution is 2.31. The molecular weight excluding hydrogens is 436 g/mol. The van der Waals surface area contributed by atoms with Gasteiger partial charge in [-0.2, -0.15) is 0 Å². The maximum Gasteiger partial charge on any atom is 0.266 e. The van der Waals surface area contributed by atoms with E-state index in [9.17, 15) is 13.2 Å². The van der Waals surface area contributed by atoms with Gasteiger partial charge in [0.1, 0.15) is 11.4 Å². The van der Waals surface area contributed by atoms with E-state index in [1.165, 1.54) is 6.07 Å². The first-order chi connectivity index (χ1) is 15.8. The zero-order chi connectivity index (χ0) is 23.6. The van der Waals surface area contributed by atoms with Crippen molar-refractivity contribution in [2.75, 3.05) is 16.2 Å². The Balaban J connectivity index is 1.79. The van der Waals surface area contributed by atoms with E-state index in [2.05, 4.69) is 15.3 Å². The number of hydrogen-bond acceptors (Lipinski definition) is 5. The van der Waals surface area contributed by atoms with E-state index in [0.717, 1.165) is 21.1 Å². The Labute approximate surface area is 193 Å². The molecule has 8 heteroatoms. The number of sulfonamides is 1. The Kier molecular flexibility index (Phi) is 6.11. The number of rotatable bonds is 6. The van der Waals surface area contributed by atoms with Crippen LogP contribution in [0.3, 0.4) is 0 Å². The van der Waals surface area contributed by atoms with Crippen molar-refractivity contribution in [1.29, 1.82) is 0 Å². The summed E-state index contributed by atoms with van der Waals surface area (Å²) in [5, 5.41) is 3.44. The molecule has 2 heterocycles. The van der Waals surface area contributed by atoms with Crippen LogP contribution in [0, 0.1) is 20.8 Å². The Morgan fingerprint density at radius 1 is 0.939 bits per heavy atom. The number of aromatic nitrogens is 2. The molecule has 2 aromatic carbocycles. The molecule has 4 rings (SSSR count). The van der Waals surface area contributed by atoms with Crippen molar-refractivity contribution in [2.24, 2.45) is 0 Å². The zero-order valence-electron chi connectivity index (χ0n) is 18.6. The first-order valence-electron chi connectivity index (χ1n) is 10.4. The van der Waals surface area contributed by atoms with Crippen LogP contribution >= 0.6 is 0 Å². The van der Waals surface area contributed by atoms with Gasteiger partial charge < -0.3 is 5.32 Å². The summed E-state index contributed by atoms with van der Waals surface area (Å²) in [4.78, 5) is 21.5. The van der Waals surface area contributed by atoms with Gasteiger partial charge in [0.25, 0.3) is 10.0 Å². The number of nitrogens with zero attached hydrogens (tertiary/aromatic N) is 3. The van der Waals surface area contributed by atoms with Gasteiger partial charge in [0.15, 0.2) is 0 Å². The molecule has 168 valence electrons. The normalized spacial score (nSPS) is 11.4. The van der Waals surface area contributed by atoms with Gasteiger partial charge in [-0.15, -0.1) is 0 Å². The summed E-state index contributed by atoms with van der Waals surface area (Å²) in [5.41, 5.74) is 3.82. The van der Waals surface area contributed by atoms with Gasteiger partial charge in [0.05, 0.1) is 23.1 Å². The van der Waals surface area contributed by atoms with Crippen molar-refractivity contribution in [3.05, 3.63) is 89.9 Å². The van der Waals surface area contributed by atoms with Crippen LogP contribution in [0.15, 0.2) is 78.0 Å². The number of fused-ring (bicyclic) bond motifs is 1. The predicted molar refractivity (Wildman–Crippen MR) is 130 cm³/mol. The van der Waals surface area contributed by atoms with Gasteiger partial charge in [-0.3, -0.25) is 19.1 Å². The monoisotopic (exact) mass is 460 g/mol. The fourth-order valence-corrected chi connectivity index (χ4v) is 5.23. The molecule has 0 bridgehead atoms. The zero-order valence-corrected chi connectivity index (χ0v) is 19.4. The lowest BCUT2D eigenvalue weighted by atomic mass is 10.1. The van der Waals surface area contributed by atoms with E-state index >= 15 is 0 Å². The standard InChI is InChI=1S/C25H24N4O3S/c1-17-7-4-10-22(19(17)3)29(16-24(30)28-21-13-12-18(2)27-15-21)33(31,32)23-11-5-8-20-9-6-14-26-25(20)23/h4-15H,16H2,1-3H3,(H,28,30). The molecule has 0 atom stereocenters. The van der Waals surface area contributed by atoms with Crippen molar-refractivity contribution < 1.29 is 13.2 Å². The molecule has 0 saturated carbocycles. The summed E-state index contributed by atoms with van der Waals surface area (Å²) in [7, 11) is -4.12. The molecule has 0 saturated heterocycles. The Hall–Kier alpha value is -3.78. The highest BCUT2D eigenvalue weighted by atomic mass is 32.2. The van der Waals surface area contributed by atoms with E-state index < -0.39 is 22.5 Å². The molecule has 33 heavy (non-hydrogen) atoms. The van der Waals surface area contributed by atoms with Gasteiger partial charge in [-0.25, -0.2) is 8.42 Å². The average molecular weight is 461 g/mol. The lowest BCUT2D eigenvalue weighted by Gasteiger charge is -2.26. The number of hydrogen-bond donors (Lipinski definition) is 1. The first-order valence-corrected chi connectivity index (χ1v) is 11.9. The Bertz CT molecular complexity index is 1430. The summed E-state index contributed by atoms with van der Waals surface area (Å²) >= 11 is 0. The molecule has 4 aromatic rings. The summed E-state index contributed by atoms with van der Waals surface area (Å²) < 4.78 is 29.0. The largest absolute Gasteiger partial charge is 0.323 e. The number of para-hydroxylation sites is 1. The van der Waals surface area contributed by atoms with Crippen LogP contribution in [0.5, 0.6) is 0 Å². The van der Waals surface area contributed by atoms with Crippen LogP contribution in [0.4, 0.5) is 11.4 Å². The van der Waals surface area contributed by atoms with Gasteiger partial charge in [0.2, 0.25) is 5.91 Å². The number of aryl methyl sites for hydroxylation is 2. The van der Waals surface area contributed by atoms with Gasteiger partial charge in [-0.05, 0) is 62.2 Å². The summed E-state index contributed by atoms with van der Waals surface area (Å²) in [6.45, 7) is 5.19. The fourth-order valence-electron chi connectivity index (χ4n) is 3.58. The molecule has 0 aliphatic heterocycles. The van der Waals surface area contributed by atoms with Gasteiger partial charge >= 0.3 is 0 Å². The highest BCUT2D eigenvalue weighted by Gasteiger charge is 2.30. The second-order valence-corrected chi connectivity index (χ2v) is 9.63. The lowest BCUT2D eigenvalue weighted by molar-refractivity contribution is -0.114. The molecular formula is C25H24N4O3S. The summed E-state index contributed by atoms with van der Waals surface area (Å²) in [5.74, 6) is -0.474. The smallest absolute Gasteiger partial charge is 0.266 e. The molecule has 0 aliphatic carbocycles. The fraction of sp³-hybridized carbons (Fsp3) is 0.160. The summed E-state index contributed by atoms with van der Waals surface area (Å²) in [6.07, 6.45) is 3.10. The van der Waals surface area contributed by atoms with E-state index in [-0.39, 0.29) is 4.90 Å². The third-order valence-electron chi connectivity index (χ3n) is 5.49. The quantitative estimate of drug-likeness (QED) is 0.461. The molecule has 0 unspecified atom stereocenters. The van der Waals surface area contributed by atoms with E-state index in [1.54, 1.807) is 60.9 Å². The Morgan fingerprint density at radius 2 is 1.70 bits per heavy atom. The third kappa shape index (κ3) is 4.56. The number of anilines is 2. The maximum absolute atomic E-state index is 13.9. The SMILES string of the molecule is Cc1ccc(NC(=O)CN(c2cccc(C)c2C)S(=O)(=O)c2cccc3cccnc23)cn1. The molecule has 0 radical (unpaired) electrons. The predicted octanol–water partition coefficient (Wildman–Crippen LogP) is 4.39. The van der Waals surface area contributed by atoms with E-state index in [1.807, 2.05) is 26.8 Å². The van der Waals surface area contributed by atoms with Crippen molar-refractivity contribution in [3.63, 3.8) is 0 Å². The summed E-state index contributed by atoms with van der Waals surface area (Å²) in [6, 6.07) is 17.5.